The summed E-state index contributed by atoms with van der Waals surface area (Å²) >= 11 is 0. The van der Waals surface area contributed by atoms with E-state index in [0.29, 0.717) is 17.8 Å². The normalized spacial score (nSPS) is 10.9. The van der Waals surface area contributed by atoms with Gasteiger partial charge < -0.3 is 14.0 Å². The molecular formula is C17H32NO4+. The van der Waals surface area contributed by atoms with E-state index in [2.05, 4.69) is 52.9 Å². The van der Waals surface area contributed by atoms with Crippen LogP contribution in [0.3, 0.4) is 0 Å². The molecule has 5 nitrogen and oxygen atoms in total. The zero-order valence-electron chi connectivity index (χ0n) is 15.4. The minimum Gasteiger partial charge on any atom is -0.466 e. The van der Waals surface area contributed by atoms with Gasteiger partial charge in [-0.2, -0.15) is 0 Å². The predicted octanol–water partition coefficient (Wildman–Crippen LogP) is 2.72. The Kier molecular flexibility index (Phi) is 9.69. The maximum Gasteiger partial charge on any atom is 0.333 e. The molecule has 0 aliphatic heterocycles. The molecule has 0 aromatic heterocycles. The van der Waals surface area contributed by atoms with Crippen LogP contribution >= 0.6 is 0 Å². The fourth-order valence-corrected chi connectivity index (χ4v) is 1.03. The van der Waals surface area contributed by atoms with Gasteiger partial charge in [-0.1, -0.05) is 13.2 Å². The standard InChI is InChI=1S/C12H24NO2.C5H8O2/c1-10(2)11(14)15-9-8-12(3,4)13(5,6)7;1-4(2)5(6)7-3/h1,8-9H2,2-7H3;1H2,2-3H3/q+1;. The molecule has 0 atom stereocenters. The van der Waals surface area contributed by atoms with Crippen LogP contribution in [0, 0.1) is 0 Å². The average Bonchev–Trinajstić information content (AvgIpc) is 2.36. The first-order valence-corrected chi connectivity index (χ1v) is 7.14. The molecule has 0 aliphatic carbocycles. The summed E-state index contributed by atoms with van der Waals surface area (Å²) in [6.45, 7) is 14.9. The second kappa shape index (κ2) is 9.41. The molecule has 0 rings (SSSR count). The maximum atomic E-state index is 11.2. The van der Waals surface area contributed by atoms with Crippen LogP contribution < -0.4 is 0 Å². The summed E-state index contributed by atoms with van der Waals surface area (Å²) in [5.74, 6) is -0.646. The third kappa shape index (κ3) is 9.34. The molecule has 0 aliphatic rings. The third-order valence-electron chi connectivity index (χ3n) is 3.65. The van der Waals surface area contributed by atoms with Gasteiger partial charge in [-0.15, -0.1) is 0 Å². The lowest BCUT2D eigenvalue weighted by atomic mass is 9.97. The summed E-state index contributed by atoms with van der Waals surface area (Å²) in [5.41, 5.74) is 0.982. The van der Waals surface area contributed by atoms with Gasteiger partial charge in [-0.3, -0.25) is 0 Å². The number of hydrogen-bond donors (Lipinski definition) is 0. The van der Waals surface area contributed by atoms with E-state index in [4.69, 9.17) is 4.74 Å². The van der Waals surface area contributed by atoms with Crippen molar-refractivity contribution in [1.29, 1.82) is 0 Å². The zero-order chi connectivity index (χ0) is 18.1. The lowest BCUT2D eigenvalue weighted by Crippen LogP contribution is -2.53. The number of quaternary nitrogens is 1. The van der Waals surface area contributed by atoms with E-state index >= 15 is 0 Å². The van der Waals surface area contributed by atoms with Gasteiger partial charge in [-0.05, 0) is 27.7 Å². The number of carbonyl (C=O) groups excluding carboxylic acids is 2. The lowest BCUT2D eigenvalue weighted by Gasteiger charge is -2.41. The molecule has 0 saturated carbocycles. The van der Waals surface area contributed by atoms with Crippen molar-refractivity contribution in [3.05, 3.63) is 24.3 Å². The molecule has 22 heavy (non-hydrogen) atoms. The van der Waals surface area contributed by atoms with Crippen molar-refractivity contribution in [2.24, 2.45) is 0 Å². The van der Waals surface area contributed by atoms with Crippen molar-refractivity contribution >= 4 is 11.9 Å². The Morgan fingerprint density at radius 2 is 1.41 bits per heavy atom. The maximum absolute atomic E-state index is 11.2. The van der Waals surface area contributed by atoms with Crippen LogP contribution in [0.25, 0.3) is 0 Å². The van der Waals surface area contributed by atoms with Crippen molar-refractivity contribution in [3.8, 4) is 0 Å². The van der Waals surface area contributed by atoms with Gasteiger partial charge in [0, 0.05) is 17.6 Å². The molecule has 128 valence electrons. The molecule has 0 spiro atoms. The third-order valence-corrected chi connectivity index (χ3v) is 3.65. The van der Waals surface area contributed by atoms with Crippen LogP contribution in [0.2, 0.25) is 0 Å². The molecule has 5 heteroatoms. The zero-order valence-corrected chi connectivity index (χ0v) is 15.4. The molecule has 0 fully saturated rings. The second-order valence-corrected chi connectivity index (χ2v) is 6.76. The highest BCUT2D eigenvalue weighted by Crippen LogP contribution is 2.21. The van der Waals surface area contributed by atoms with Gasteiger partial charge in [0.15, 0.2) is 0 Å². The Balaban J connectivity index is 0. The first kappa shape index (κ1) is 22.7. The van der Waals surface area contributed by atoms with Crippen LogP contribution in [-0.2, 0) is 19.1 Å². The van der Waals surface area contributed by atoms with Gasteiger partial charge in [0.1, 0.15) is 0 Å². The molecule has 0 heterocycles. The number of rotatable bonds is 6. The summed E-state index contributed by atoms with van der Waals surface area (Å²) in [6, 6.07) is 0. The van der Waals surface area contributed by atoms with E-state index in [0.717, 1.165) is 10.9 Å². The van der Waals surface area contributed by atoms with E-state index in [1.807, 2.05) is 0 Å². The number of methoxy groups -OCH3 is 1. The number of ether oxygens (including phenoxy) is 2. The summed E-state index contributed by atoms with van der Waals surface area (Å²) in [4.78, 5) is 21.3. The van der Waals surface area contributed by atoms with Crippen molar-refractivity contribution < 1.29 is 23.5 Å². The smallest absolute Gasteiger partial charge is 0.333 e. The first-order chi connectivity index (χ1) is 9.76. The number of hydrogen-bond acceptors (Lipinski definition) is 4. The van der Waals surface area contributed by atoms with E-state index < -0.39 is 0 Å². The Labute approximate surface area is 135 Å². The summed E-state index contributed by atoms with van der Waals surface area (Å²) in [7, 11) is 7.75. The van der Waals surface area contributed by atoms with Crippen LogP contribution in [-0.4, -0.2) is 56.8 Å². The van der Waals surface area contributed by atoms with Crippen LogP contribution in [0.1, 0.15) is 34.1 Å². The molecule has 0 radical (unpaired) electrons. The summed E-state index contributed by atoms with van der Waals surface area (Å²) in [5, 5.41) is 0. The molecule has 0 unspecified atom stereocenters. The lowest BCUT2D eigenvalue weighted by molar-refractivity contribution is -0.920. The largest absolute Gasteiger partial charge is 0.466 e. The minimum atomic E-state index is -0.347. The second-order valence-electron chi connectivity index (χ2n) is 6.76. The molecule has 0 aromatic carbocycles. The highest BCUT2D eigenvalue weighted by molar-refractivity contribution is 5.87. The van der Waals surface area contributed by atoms with Crippen molar-refractivity contribution in [1.82, 2.24) is 0 Å². The van der Waals surface area contributed by atoms with Gasteiger partial charge in [0.2, 0.25) is 0 Å². The molecular weight excluding hydrogens is 282 g/mol. The summed E-state index contributed by atoms with van der Waals surface area (Å²) in [6.07, 6.45) is 0.843. The van der Waals surface area contributed by atoms with Crippen molar-refractivity contribution in [2.75, 3.05) is 34.9 Å². The van der Waals surface area contributed by atoms with Gasteiger partial charge in [0.05, 0.1) is 40.4 Å². The van der Waals surface area contributed by atoms with E-state index in [1.54, 1.807) is 13.8 Å². The number of carbonyl (C=O) groups is 2. The van der Waals surface area contributed by atoms with Crippen LogP contribution in [0.15, 0.2) is 24.3 Å². The first-order valence-electron chi connectivity index (χ1n) is 7.14. The number of nitrogens with zero attached hydrogens (tertiary/aromatic N) is 1. The quantitative estimate of drug-likeness (QED) is 0.430. The number of esters is 2. The van der Waals surface area contributed by atoms with Gasteiger partial charge >= 0.3 is 11.9 Å². The predicted molar refractivity (Wildman–Crippen MR) is 89.3 cm³/mol. The molecule has 0 N–H and O–H groups in total. The molecule has 0 amide bonds. The topological polar surface area (TPSA) is 52.6 Å². The highest BCUT2D eigenvalue weighted by atomic mass is 16.5. The molecule has 0 aromatic rings. The molecule has 0 saturated heterocycles. The van der Waals surface area contributed by atoms with E-state index in [-0.39, 0.29) is 17.5 Å². The Hall–Kier alpha value is -1.62. The van der Waals surface area contributed by atoms with Crippen molar-refractivity contribution in [2.45, 2.75) is 39.7 Å². The fraction of sp³-hybridized carbons (Fsp3) is 0.647. The van der Waals surface area contributed by atoms with E-state index in [1.165, 1.54) is 7.11 Å². The highest BCUT2D eigenvalue weighted by Gasteiger charge is 2.32. The van der Waals surface area contributed by atoms with Crippen LogP contribution in [0.4, 0.5) is 0 Å². The van der Waals surface area contributed by atoms with Gasteiger partial charge in [-0.25, -0.2) is 9.59 Å². The van der Waals surface area contributed by atoms with E-state index in [9.17, 15) is 9.59 Å². The summed E-state index contributed by atoms with van der Waals surface area (Å²) < 4.78 is 10.2. The van der Waals surface area contributed by atoms with Crippen molar-refractivity contribution in [3.63, 3.8) is 0 Å². The minimum absolute atomic E-state index is 0.0926. The SMILES string of the molecule is C=C(C)C(=O)OC.C=C(C)C(=O)OCCC(C)(C)[N+](C)(C)C. The monoisotopic (exact) mass is 314 g/mol. The Bertz CT molecular complexity index is 417. The molecule has 0 bridgehead atoms. The fourth-order valence-electron chi connectivity index (χ4n) is 1.03. The van der Waals surface area contributed by atoms with Gasteiger partial charge in [0.25, 0.3) is 0 Å². The Morgan fingerprint density at radius 3 is 1.64 bits per heavy atom. The van der Waals surface area contributed by atoms with Crippen LogP contribution in [0.5, 0.6) is 0 Å². The Morgan fingerprint density at radius 1 is 1.00 bits per heavy atom. The average molecular weight is 314 g/mol.